The Morgan fingerprint density at radius 1 is 1.55 bits per heavy atom. The van der Waals surface area contributed by atoms with Crippen LogP contribution in [0.3, 0.4) is 0 Å². The summed E-state index contributed by atoms with van der Waals surface area (Å²) in [6.07, 6.45) is 5.06. The fraction of sp³-hybridized carbons (Fsp3) is 0.111. The average molecular weight is 149 g/mol. The van der Waals surface area contributed by atoms with Crippen LogP contribution in [0.1, 0.15) is 5.56 Å². The summed E-state index contributed by atoms with van der Waals surface area (Å²) >= 11 is 0. The van der Waals surface area contributed by atoms with Gasteiger partial charge in [0.2, 0.25) is 0 Å². The molecule has 0 fully saturated rings. The highest BCUT2D eigenvalue weighted by molar-refractivity contribution is 5.50. The number of hydrogen-bond acceptors (Lipinski definition) is 1. The third-order valence-corrected chi connectivity index (χ3v) is 1.41. The lowest BCUT2D eigenvalue weighted by atomic mass is 10.2. The normalized spacial score (nSPS) is 8.82. The van der Waals surface area contributed by atoms with E-state index in [-0.39, 0.29) is 11.4 Å². The quantitative estimate of drug-likeness (QED) is 0.601. The number of terminal acetylenes is 1. The minimum atomic E-state index is -0.355. The molecule has 0 bridgehead atoms. The smallest absolute Gasteiger partial charge is 0.138 e. The Morgan fingerprint density at radius 2 is 2.27 bits per heavy atom. The fourth-order valence-electron chi connectivity index (χ4n) is 0.791. The standard InChI is InChI=1S/C9H8FN/c1-3-7-6-8(11-2)4-5-9(7)10/h1,4-6,11H,2H3. The molecule has 1 nitrogen and oxygen atoms in total. The second-order valence-corrected chi connectivity index (χ2v) is 2.09. The van der Waals surface area contributed by atoms with Crippen LogP contribution in [-0.2, 0) is 0 Å². The molecule has 0 atom stereocenters. The number of benzene rings is 1. The van der Waals surface area contributed by atoms with Gasteiger partial charge in [0.1, 0.15) is 5.82 Å². The molecule has 0 aliphatic rings. The van der Waals surface area contributed by atoms with Crippen LogP contribution in [0.5, 0.6) is 0 Å². The third kappa shape index (κ3) is 1.50. The van der Waals surface area contributed by atoms with Gasteiger partial charge in [-0.1, -0.05) is 5.92 Å². The zero-order valence-corrected chi connectivity index (χ0v) is 6.19. The van der Waals surface area contributed by atoms with Crippen molar-refractivity contribution < 1.29 is 4.39 Å². The molecule has 0 unspecified atom stereocenters. The largest absolute Gasteiger partial charge is 0.388 e. The molecule has 0 aliphatic carbocycles. The van der Waals surface area contributed by atoms with Gasteiger partial charge in [-0.3, -0.25) is 0 Å². The maximum Gasteiger partial charge on any atom is 0.138 e. The molecule has 0 aliphatic heterocycles. The highest BCUT2D eigenvalue weighted by atomic mass is 19.1. The molecule has 0 saturated carbocycles. The monoisotopic (exact) mass is 149 g/mol. The summed E-state index contributed by atoms with van der Waals surface area (Å²) in [5.74, 6) is 1.90. The summed E-state index contributed by atoms with van der Waals surface area (Å²) in [4.78, 5) is 0. The van der Waals surface area contributed by atoms with E-state index in [2.05, 4.69) is 11.2 Å². The van der Waals surface area contributed by atoms with E-state index in [0.717, 1.165) is 5.69 Å². The molecule has 1 aromatic carbocycles. The van der Waals surface area contributed by atoms with Crippen molar-refractivity contribution in [2.75, 3.05) is 12.4 Å². The molecule has 0 spiro atoms. The molecule has 0 heterocycles. The Balaban J connectivity index is 3.15. The van der Waals surface area contributed by atoms with Crippen LogP contribution in [0, 0.1) is 18.2 Å². The molecular formula is C9H8FN. The van der Waals surface area contributed by atoms with E-state index in [4.69, 9.17) is 6.42 Å². The number of rotatable bonds is 1. The van der Waals surface area contributed by atoms with Crippen molar-refractivity contribution in [1.82, 2.24) is 0 Å². The lowest BCUT2D eigenvalue weighted by Gasteiger charge is -2.00. The van der Waals surface area contributed by atoms with Gasteiger partial charge < -0.3 is 5.32 Å². The topological polar surface area (TPSA) is 12.0 Å². The predicted molar refractivity (Wildman–Crippen MR) is 43.9 cm³/mol. The minimum absolute atomic E-state index is 0.289. The van der Waals surface area contributed by atoms with Crippen molar-refractivity contribution in [2.45, 2.75) is 0 Å². The SMILES string of the molecule is C#Cc1cc(NC)ccc1F. The summed E-state index contributed by atoms with van der Waals surface area (Å²) in [5, 5.41) is 2.87. The van der Waals surface area contributed by atoms with Gasteiger partial charge in [0, 0.05) is 12.7 Å². The van der Waals surface area contributed by atoms with E-state index in [1.165, 1.54) is 6.07 Å². The maximum absolute atomic E-state index is 12.7. The van der Waals surface area contributed by atoms with Gasteiger partial charge in [-0.15, -0.1) is 6.42 Å². The maximum atomic E-state index is 12.7. The van der Waals surface area contributed by atoms with Crippen molar-refractivity contribution in [2.24, 2.45) is 0 Å². The van der Waals surface area contributed by atoms with Crippen LogP contribution in [0.4, 0.5) is 10.1 Å². The van der Waals surface area contributed by atoms with Crippen molar-refractivity contribution >= 4 is 5.69 Å². The van der Waals surface area contributed by atoms with Gasteiger partial charge in [-0.2, -0.15) is 0 Å². The minimum Gasteiger partial charge on any atom is -0.388 e. The Morgan fingerprint density at radius 3 is 2.82 bits per heavy atom. The number of anilines is 1. The van der Waals surface area contributed by atoms with E-state index < -0.39 is 0 Å². The lowest BCUT2D eigenvalue weighted by molar-refractivity contribution is 0.624. The molecule has 11 heavy (non-hydrogen) atoms. The van der Waals surface area contributed by atoms with E-state index >= 15 is 0 Å². The summed E-state index contributed by atoms with van der Waals surface area (Å²) in [7, 11) is 1.76. The Bertz CT molecular complexity index is 299. The lowest BCUT2D eigenvalue weighted by Crippen LogP contribution is -1.90. The Kier molecular flexibility index (Phi) is 2.12. The van der Waals surface area contributed by atoms with Crippen LogP contribution >= 0.6 is 0 Å². The van der Waals surface area contributed by atoms with Gasteiger partial charge in [-0.25, -0.2) is 4.39 Å². The number of halogens is 1. The molecule has 1 rings (SSSR count). The molecule has 0 amide bonds. The first-order valence-electron chi connectivity index (χ1n) is 3.22. The molecule has 0 radical (unpaired) electrons. The van der Waals surface area contributed by atoms with Crippen molar-refractivity contribution in [3.63, 3.8) is 0 Å². The zero-order chi connectivity index (χ0) is 8.27. The van der Waals surface area contributed by atoms with E-state index in [9.17, 15) is 4.39 Å². The van der Waals surface area contributed by atoms with Gasteiger partial charge in [0.15, 0.2) is 0 Å². The van der Waals surface area contributed by atoms with Crippen LogP contribution in [0.25, 0.3) is 0 Å². The van der Waals surface area contributed by atoms with E-state index in [1.54, 1.807) is 19.2 Å². The van der Waals surface area contributed by atoms with Crippen molar-refractivity contribution in [3.8, 4) is 12.3 Å². The summed E-state index contributed by atoms with van der Waals surface area (Å²) in [5.41, 5.74) is 1.11. The fourth-order valence-corrected chi connectivity index (χ4v) is 0.791. The first kappa shape index (κ1) is 7.62. The first-order valence-corrected chi connectivity index (χ1v) is 3.22. The summed E-state index contributed by atoms with van der Waals surface area (Å²) in [6, 6.07) is 4.58. The van der Waals surface area contributed by atoms with Crippen molar-refractivity contribution in [3.05, 3.63) is 29.6 Å². The summed E-state index contributed by atoms with van der Waals surface area (Å²) in [6.45, 7) is 0. The zero-order valence-electron chi connectivity index (χ0n) is 6.19. The highest BCUT2D eigenvalue weighted by Gasteiger charge is 1.98. The van der Waals surface area contributed by atoms with Gasteiger partial charge >= 0.3 is 0 Å². The van der Waals surface area contributed by atoms with Crippen LogP contribution in [-0.4, -0.2) is 7.05 Å². The van der Waals surface area contributed by atoms with Gasteiger partial charge in [-0.05, 0) is 18.2 Å². The Hall–Kier alpha value is -1.49. The van der Waals surface area contributed by atoms with Gasteiger partial charge in [0.25, 0.3) is 0 Å². The second-order valence-electron chi connectivity index (χ2n) is 2.09. The first-order chi connectivity index (χ1) is 5.27. The van der Waals surface area contributed by atoms with E-state index in [0.29, 0.717) is 0 Å². The van der Waals surface area contributed by atoms with Crippen LogP contribution < -0.4 is 5.32 Å². The second kappa shape index (κ2) is 3.07. The molecule has 2 heteroatoms. The molecule has 0 aromatic heterocycles. The number of hydrogen-bond donors (Lipinski definition) is 1. The van der Waals surface area contributed by atoms with Gasteiger partial charge in [0.05, 0.1) is 5.56 Å². The molecule has 1 N–H and O–H groups in total. The molecule has 0 saturated heterocycles. The highest BCUT2D eigenvalue weighted by Crippen LogP contribution is 2.12. The molecule has 1 aromatic rings. The molecular weight excluding hydrogens is 141 g/mol. The van der Waals surface area contributed by atoms with E-state index in [1.807, 2.05) is 0 Å². The Labute approximate surface area is 65.2 Å². The third-order valence-electron chi connectivity index (χ3n) is 1.41. The summed E-state index contributed by atoms with van der Waals surface area (Å²) < 4.78 is 12.7. The predicted octanol–water partition coefficient (Wildman–Crippen LogP) is 1.85. The van der Waals surface area contributed by atoms with Crippen LogP contribution in [0.2, 0.25) is 0 Å². The van der Waals surface area contributed by atoms with Crippen LogP contribution in [0.15, 0.2) is 18.2 Å². The molecule has 56 valence electrons. The van der Waals surface area contributed by atoms with Crippen molar-refractivity contribution in [1.29, 1.82) is 0 Å². The average Bonchev–Trinajstić information content (AvgIpc) is 2.05. The number of nitrogens with one attached hydrogen (secondary N) is 1.